The maximum Gasteiger partial charge on any atom is 0.341 e. The minimum Gasteiger partial charge on any atom is -0.477 e. The number of ether oxygens (including phenoxy) is 1. The van der Waals surface area contributed by atoms with Crippen LogP contribution in [0.1, 0.15) is 34.8 Å². The van der Waals surface area contributed by atoms with Crippen LogP contribution in [0.5, 0.6) is 0 Å². The highest BCUT2D eigenvalue weighted by atomic mass is 19.1. The Labute approximate surface area is 210 Å². The molecule has 6 rings (SSSR count). The number of anilines is 1. The smallest absolute Gasteiger partial charge is 0.341 e. The van der Waals surface area contributed by atoms with Crippen molar-refractivity contribution in [2.24, 2.45) is 0 Å². The van der Waals surface area contributed by atoms with E-state index in [0.29, 0.717) is 43.1 Å². The summed E-state index contributed by atoms with van der Waals surface area (Å²) in [4.78, 5) is 40.6. The SMILES string of the molecule is O=C1OCC(N2CCN(c3cc4c(cc3F)c(=O)c(C(=O)O)cn4C3CC3)CC2)=C1c1ccccc1F. The Morgan fingerprint density at radius 3 is 2.35 bits per heavy atom. The first kappa shape index (κ1) is 23.2. The van der Waals surface area contributed by atoms with Gasteiger partial charge in [0.15, 0.2) is 0 Å². The van der Waals surface area contributed by atoms with Gasteiger partial charge in [-0.2, -0.15) is 0 Å². The maximum atomic E-state index is 15.3. The topological polar surface area (TPSA) is 92.1 Å². The van der Waals surface area contributed by atoms with Gasteiger partial charge in [-0.1, -0.05) is 18.2 Å². The van der Waals surface area contributed by atoms with E-state index in [1.165, 1.54) is 12.3 Å². The average Bonchev–Trinajstić information content (AvgIpc) is 3.66. The molecule has 3 heterocycles. The molecule has 10 heteroatoms. The van der Waals surface area contributed by atoms with E-state index in [-0.39, 0.29) is 34.7 Å². The maximum absolute atomic E-state index is 15.3. The molecule has 0 atom stereocenters. The second-order valence-corrected chi connectivity index (χ2v) is 9.49. The largest absolute Gasteiger partial charge is 0.477 e. The number of piperazine rings is 1. The predicted octanol–water partition coefficient (Wildman–Crippen LogP) is 3.40. The Balaban J connectivity index is 1.31. The van der Waals surface area contributed by atoms with Crippen molar-refractivity contribution in [2.45, 2.75) is 18.9 Å². The van der Waals surface area contributed by atoms with Gasteiger partial charge in [-0.15, -0.1) is 0 Å². The van der Waals surface area contributed by atoms with Crippen LogP contribution in [0.3, 0.4) is 0 Å². The number of fused-ring (bicyclic) bond motifs is 1. The zero-order valence-corrected chi connectivity index (χ0v) is 19.7. The first-order valence-corrected chi connectivity index (χ1v) is 12.1. The van der Waals surface area contributed by atoms with Crippen molar-refractivity contribution < 1.29 is 28.2 Å². The zero-order valence-electron chi connectivity index (χ0n) is 19.7. The van der Waals surface area contributed by atoms with E-state index in [9.17, 15) is 23.9 Å². The number of aromatic carboxylic acids is 1. The van der Waals surface area contributed by atoms with Crippen molar-refractivity contribution in [1.82, 2.24) is 9.47 Å². The zero-order chi connectivity index (χ0) is 25.8. The van der Waals surface area contributed by atoms with Gasteiger partial charge in [-0.05, 0) is 31.0 Å². The molecule has 1 aromatic heterocycles. The van der Waals surface area contributed by atoms with Crippen LogP contribution in [-0.2, 0) is 9.53 Å². The second kappa shape index (κ2) is 8.72. The van der Waals surface area contributed by atoms with Gasteiger partial charge in [0.1, 0.15) is 23.8 Å². The summed E-state index contributed by atoms with van der Waals surface area (Å²) in [7, 11) is 0. The number of carboxylic acids is 1. The highest BCUT2D eigenvalue weighted by Crippen LogP contribution is 2.38. The predicted molar refractivity (Wildman–Crippen MR) is 131 cm³/mol. The Bertz CT molecular complexity index is 1550. The van der Waals surface area contributed by atoms with E-state index in [4.69, 9.17) is 4.74 Å². The number of aromatic nitrogens is 1. The quantitative estimate of drug-likeness (QED) is 0.530. The fraction of sp³-hybridized carbons (Fsp3) is 0.296. The number of carboxylic acid groups (broad SMARTS) is 1. The molecule has 0 bridgehead atoms. The van der Waals surface area contributed by atoms with Crippen molar-refractivity contribution in [3.8, 4) is 0 Å². The normalized spacial score (nSPS) is 18.1. The van der Waals surface area contributed by atoms with Crippen LogP contribution in [-0.4, -0.2) is 59.3 Å². The standard InChI is InChI=1S/C27H23F2N3O5/c28-19-4-2-1-3-16(19)24-23(14-37-27(24)36)31-9-7-30(8-10-31)22-12-21-17(11-20(22)29)25(33)18(26(34)35)13-32(21)15-5-6-15/h1-4,11-13,15H,5-10,14H2,(H,34,35). The number of hydrogen-bond acceptors (Lipinski definition) is 6. The summed E-state index contributed by atoms with van der Waals surface area (Å²) in [5, 5.41) is 9.49. The van der Waals surface area contributed by atoms with E-state index in [2.05, 4.69) is 0 Å². The van der Waals surface area contributed by atoms with E-state index >= 15 is 4.39 Å². The molecule has 0 spiro atoms. The molecule has 1 saturated carbocycles. The lowest BCUT2D eigenvalue weighted by Crippen LogP contribution is -2.46. The van der Waals surface area contributed by atoms with Crippen molar-refractivity contribution in [3.05, 3.63) is 81.3 Å². The summed E-state index contributed by atoms with van der Waals surface area (Å²) in [6.45, 7) is 1.80. The summed E-state index contributed by atoms with van der Waals surface area (Å²) >= 11 is 0. The lowest BCUT2D eigenvalue weighted by molar-refractivity contribution is -0.134. The highest BCUT2D eigenvalue weighted by molar-refractivity contribution is 6.19. The molecule has 2 aromatic carbocycles. The Hall–Kier alpha value is -4.21. The van der Waals surface area contributed by atoms with Crippen LogP contribution < -0.4 is 10.3 Å². The number of nitrogens with zero attached hydrogens (tertiary/aromatic N) is 3. The summed E-state index contributed by atoms with van der Waals surface area (Å²) in [5.41, 5.74) is 0.785. The van der Waals surface area contributed by atoms with Gasteiger partial charge in [0, 0.05) is 49.4 Å². The molecule has 0 radical (unpaired) electrons. The summed E-state index contributed by atoms with van der Waals surface area (Å²) in [6.07, 6.45) is 3.09. The molecule has 1 aliphatic carbocycles. The number of hydrogen-bond donors (Lipinski definition) is 1. The first-order chi connectivity index (χ1) is 17.8. The number of carbonyl (C=O) groups is 2. The average molecular weight is 507 g/mol. The van der Waals surface area contributed by atoms with E-state index in [0.717, 1.165) is 18.9 Å². The fourth-order valence-electron chi connectivity index (χ4n) is 5.20. The first-order valence-electron chi connectivity index (χ1n) is 12.1. The number of benzene rings is 2. The van der Waals surface area contributed by atoms with E-state index in [1.807, 2.05) is 9.80 Å². The van der Waals surface area contributed by atoms with E-state index < -0.39 is 29.0 Å². The third kappa shape index (κ3) is 3.92. The molecule has 1 N–H and O–H groups in total. The van der Waals surface area contributed by atoms with Crippen molar-refractivity contribution in [2.75, 3.05) is 37.7 Å². The molecular weight excluding hydrogens is 484 g/mol. The van der Waals surface area contributed by atoms with Gasteiger partial charge in [-0.3, -0.25) is 4.79 Å². The number of carbonyl (C=O) groups excluding carboxylic acids is 1. The van der Waals surface area contributed by atoms with Gasteiger partial charge in [-0.25, -0.2) is 18.4 Å². The molecule has 1 saturated heterocycles. The number of cyclic esters (lactones) is 1. The van der Waals surface area contributed by atoms with Gasteiger partial charge in [0.05, 0.1) is 22.5 Å². The van der Waals surface area contributed by atoms with Crippen LogP contribution >= 0.6 is 0 Å². The third-order valence-corrected chi connectivity index (χ3v) is 7.25. The van der Waals surface area contributed by atoms with E-state index in [1.54, 1.807) is 28.8 Å². The summed E-state index contributed by atoms with van der Waals surface area (Å²) in [5.74, 6) is -3.01. The molecule has 2 fully saturated rings. The number of halogens is 2. The Morgan fingerprint density at radius 2 is 1.68 bits per heavy atom. The lowest BCUT2D eigenvalue weighted by atomic mass is 10.0. The molecular formula is C27H23F2N3O5. The van der Waals surface area contributed by atoms with Gasteiger partial charge < -0.3 is 24.2 Å². The molecule has 3 aromatic rings. The van der Waals surface area contributed by atoms with Crippen LogP contribution in [0.15, 0.2) is 53.1 Å². The molecule has 190 valence electrons. The third-order valence-electron chi connectivity index (χ3n) is 7.25. The van der Waals surface area contributed by atoms with Crippen LogP contribution in [0.25, 0.3) is 16.5 Å². The molecule has 2 aliphatic heterocycles. The van der Waals surface area contributed by atoms with Crippen LogP contribution in [0, 0.1) is 11.6 Å². The number of esters is 1. The van der Waals surface area contributed by atoms with Crippen LogP contribution in [0.4, 0.5) is 14.5 Å². The molecule has 8 nitrogen and oxygen atoms in total. The molecule has 0 unspecified atom stereocenters. The lowest BCUT2D eigenvalue weighted by Gasteiger charge is -2.38. The number of rotatable bonds is 5. The van der Waals surface area contributed by atoms with Crippen molar-refractivity contribution in [1.29, 1.82) is 0 Å². The van der Waals surface area contributed by atoms with Crippen molar-refractivity contribution in [3.63, 3.8) is 0 Å². The van der Waals surface area contributed by atoms with Gasteiger partial charge in [0.2, 0.25) is 5.43 Å². The van der Waals surface area contributed by atoms with Gasteiger partial charge in [0.25, 0.3) is 0 Å². The summed E-state index contributed by atoms with van der Waals surface area (Å²) < 4.78 is 36.7. The van der Waals surface area contributed by atoms with Crippen molar-refractivity contribution >= 4 is 34.1 Å². The monoisotopic (exact) mass is 507 g/mol. The van der Waals surface area contributed by atoms with Gasteiger partial charge >= 0.3 is 11.9 Å². The highest BCUT2D eigenvalue weighted by Gasteiger charge is 2.33. The minimum absolute atomic E-state index is 0.0480. The second-order valence-electron chi connectivity index (χ2n) is 9.49. The molecule has 37 heavy (non-hydrogen) atoms. The minimum atomic E-state index is -1.33. The fourth-order valence-corrected chi connectivity index (χ4v) is 5.20. The molecule has 0 amide bonds. The number of pyridine rings is 1. The molecule has 3 aliphatic rings. The van der Waals surface area contributed by atoms with Crippen LogP contribution in [0.2, 0.25) is 0 Å². The summed E-state index contributed by atoms with van der Waals surface area (Å²) in [6, 6.07) is 8.90. The Kier molecular flexibility index (Phi) is 5.47. The Morgan fingerprint density at radius 1 is 0.973 bits per heavy atom.